The van der Waals surface area contributed by atoms with Crippen molar-refractivity contribution in [3.63, 3.8) is 0 Å². The van der Waals surface area contributed by atoms with Gasteiger partial charge in [-0.1, -0.05) is 0 Å². The molecule has 124 valence electrons. The fourth-order valence-corrected chi connectivity index (χ4v) is 2.12. The maximum atomic E-state index is 13.5. The Morgan fingerprint density at radius 2 is 2.13 bits per heavy atom. The van der Waals surface area contributed by atoms with Gasteiger partial charge in [-0.05, 0) is 26.0 Å². The van der Waals surface area contributed by atoms with E-state index in [1.807, 2.05) is 20.0 Å². The molecule has 0 aliphatic carbocycles. The molecule has 7 heteroatoms. The smallest absolute Gasteiger partial charge is 0.261 e. The predicted molar refractivity (Wildman–Crippen MR) is 80.7 cm³/mol. The Hall–Kier alpha value is -2.44. The van der Waals surface area contributed by atoms with Crippen molar-refractivity contribution in [3.8, 4) is 5.75 Å². The molecule has 0 N–H and O–H groups in total. The van der Waals surface area contributed by atoms with E-state index in [4.69, 9.17) is 4.74 Å². The summed E-state index contributed by atoms with van der Waals surface area (Å²) in [6.07, 6.45) is 3.51. The normalized spacial score (nSPS) is 10.9. The first-order valence-electron chi connectivity index (χ1n) is 7.21. The number of halogens is 2. The molecule has 23 heavy (non-hydrogen) atoms. The molecular formula is C16H19F2N3O2. The first-order chi connectivity index (χ1) is 10.9. The number of aryl methyl sites for hydroxylation is 1. The van der Waals surface area contributed by atoms with E-state index in [1.54, 1.807) is 22.8 Å². The van der Waals surface area contributed by atoms with Crippen molar-refractivity contribution in [2.45, 2.75) is 26.4 Å². The number of amides is 1. The maximum Gasteiger partial charge on any atom is 0.261 e. The molecule has 0 atom stereocenters. The molecule has 1 aromatic heterocycles. The van der Waals surface area contributed by atoms with Gasteiger partial charge < -0.3 is 9.64 Å². The lowest BCUT2D eigenvalue weighted by molar-refractivity contribution is -0.135. The molecule has 1 amide bonds. The van der Waals surface area contributed by atoms with E-state index >= 15 is 0 Å². The number of ether oxygens (including phenoxy) is 1. The highest BCUT2D eigenvalue weighted by molar-refractivity contribution is 5.78. The second kappa shape index (κ2) is 7.21. The number of carbonyl (C=O) groups excluding carboxylic acids is 1. The average Bonchev–Trinajstić information content (AvgIpc) is 2.88. The van der Waals surface area contributed by atoms with Crippen molar-refractivity contribution in [2.75, 3.05) is 6.61 Å². The Labute approximate surface area is 133 Å². The molecule has 0 aliphatic heterocycles. The van der Waals surface area contributed by atoms with Crippen LogP contribution >= 0.6 is 0 Å². The van der Waals surface area contributed by atoms with Crippen LogP contribution in [0.4, 0.5) is 8.78 Å². The summed E-state index contributed by atoms with van der Waals surface area (Å²) in [6.45, 7) is 3.83. The van der Waals surface area contributed by atoms with E-state index in [0.717, 1.165) is 17.7 Å². The van der Waals surface area contributed by atoms with Gasteiger partial charge in [0.15, 0.2) is 18.2 Å². The quantitative estimate of drug-likeness (QED) is 0.821. The molecule has 2 rings (SSSR count). The van der Waals surface area contributed by atoms with E-state index in [-0.39, 0.29) is 24.3 Å². The summed E-state index contributed by atoms with van der Waals surface area (Å²) in [5.41, 5.74) is 0.891. The molecule has 2 aromatic rings. The van der Waals surface area contributed by atoms with Gasteiger partial charge in [0, 0.05) is 37.5 Å². The van der Waals surface area contributed by atoms with Crippen molar-refractivity contribution in [2.24, 2.45) is 7.05 Å². The number of carbonyl (C=O) groups is 1. The second-order valence-electron chi connectivity index (χ2n) is 5.50. The SMILES string of the molecule is CC(C)N(Cc1cnn(C)c1)C(=O)COc1ccc(F)cc1F. The first kappa shape index (κ1) is 16.9. The van der Waals surface area contributed by atoms with Gasteiger partial charge in [-0.2, -0.15) is 5.10 Å². The van der Waals surface area contributed by atoms with Gasteiger partial charge in [0.1, 0.15) is 5.82 Å². The Morgan fingerprint density at radius 3 is 2.70 bits per heavy atom. The van der Waals surface area contributed by atoms with Crippen LogP contribution in [0.1, 0.15) is 19.4 Å². The summed E-state index contributed by atoms with van der Waals surface area (Å²) >= 11 is 0. The van der Waals surface area contributed by atoms with Gasteiger partial charge in [-0.25, -0.2) is 8.78 Å². The third kappa shape index (κ3) is 4.51. The number of rotatable bonds is 6. The fraction of sp³-hybridized carbons (Fsp3) is 0.375. The number of hydrogen-bond donors (Lipinski definition) is 0. The minimum Gasteiger partial charge on any atom is -0.481 e. The molecule has 1 heterocycles. The van der Waals surface area contributed by atoms with Crippen molar-refractivity contribution < 1.29 is 18.3 Å². The summed E-state index contributed by atoms with van der Waals surface area (Å²) in [4.78, 5) is 13.9. The maximum absolute atomic E-state index is 13.5. The van der Waals surface area contributed by atoms with Gasteiger partial charge in [-0.15, -0.1) is 0 Å². The number of aromatic nitrogens is 2. The van der Waals surface area contributed by atoms with Crippen molar-refractivity contribution >= 4 is 5.91 Å². The summed E-state index contributed by atoms with van der Waals surface area (Å²) < 4.78 is 33.2. The second-order valence-corrected chi connectivity index (χ2v) is 5.50. The molecule has 0 unspecified atom stereocenters. The highest BCUT2D eigenvalue weighted by atomic mass is 19.1. The number of benzene rings is 1. The minimum absolute atomic E-state index is 0.0515. The average molecular weight is 323 g/mol. The number of hydrogen-bond acceptors (Lipinski definition) is 3. The van der Waals surface area contributed by atoms with Crippen molar-refractivity contribution in [1.29, 1.82) is 0 Å². The molecule has 0 bridgehead atoms. The largest absolute Gasteiger partial charge is 0.481 e. The topological polar surface area (TPSA) is 47.4 Å². The predicted octanol–water partition coefficient (Wildman–Crippen LogP) is 2.51. The molecule has 0 aliphatic rings. The Bertz CT molecular complexity index is 686. The van der Waals surface area contributed by atoms with E-state index in [0.29, 0.717) is 6.54 Å². The molecule has 1 aromatic carbocycles. The van der Waals surface area contributed by atoms with Crippen LogP contribution in [-0.2, 0) is 18.4 Å². The minimum atomic E-state index is -0.832. The molecule has 0 saturated heterocycles. The molecule has 0 radical (unpaired) electrons. The summed E-state index contributed by atoms with van der Waals surface area (Å²) in [6, 6.07) is 2.91. The van der Waals surface area contributed by atoms with Crippen LogP contribution in [0.5, 0.6) is 5.75 Å². The molecule has 0 spiro atoms. The van der Waals surface area contributed by atoms with E-state index in [9.17, 15) is 13.6 Å². The van der Waals surface area contributed by atoms with Crippen LogP contribution in [0.2, 0.25) is 0 Å². The van der Waals surface area contributed by atoms with Crippen LogP contribution in [0.25, 0.3) is 0 Å². The molecular weight excluding hydrogens is 304 g/mol. The van der Waals surface area contributed by atoms with Gasteiger partial charge in [0.05, 0.1) is 6.20 Å². The van der Waals surface area contributed by atoms with Crippen molar-refractivity contribution in [1.82, 2.24) is 14.7 Å². The van der Waals surface area contributed by atoms with Crippen molar-refractivity contribution in [3.05, 3.63) is 47.8 Å². The van der Waals surface area contributed by atoms with Crippen LogP contribution in [0, 0.1) is 11.6 Å². The lowest BCUT2D eigenvalue weighted by atomic mass is 10.2. The molecule has 0 saturated carbocycles. The summed E-state index contributed by atoms with van der Waals surface area (Å²) in [5.74, 6) is -1.96. The van der Waals surface area contributed by atoms with Crippen LogP contribution < -0.4 is 4.74 Å². The van der Waals surface area contributed by atoms with Gasteiger partial charge in [0.2, 0.25) is 0 Å². The Balaban J connectivity index is 2.00. The first-order valence-corrected chi connectivity index (χ1v) is 7.21. The van der Waals surface area contributed by atoms with E-state index < -0.39 is 11.6 Å². The zero-order valence-corrected chi connectivity index (χ0v) is 13.3. The van der Waals surface area contributed by atoms with Crippen LogP contribution in [0.15, 0.2) is 30.6 Å². The summed E-state index contributed by atoms with van der Waals surface area (Å²) in [5, 5.41) is 4.06. The standard InChI is InChI=1S/C16H19F2N3O2/c1-11(2)21(9-12-7-19-20(3)8-12)16(22)10-23-15-5-4-13(17)6-14(15)18/h4-8,11H,9-10H2,1-3H3. The monoisotopic (exact) mass is 323 g/mol. The highest BCUT2D eigenvalue weighted by Crippen LogP contribution is 2.18. The summed E-state index contributed by atoms with van der Waals surface area (Å²) in [7, 11) is 1.80. The Kier molecular flexibility index (Phi) is 5.31. The molecule has 5 nitrogen and oxygen atoms in total. The van der Waals surface area contributed by atoms with E-state index in [1.165, 1.54) is 6.07 Å². The zero-order valence-electron chi connectivity index (χ0n) is 13.3. The van der Waals surface area contributed by atoms with Crippen LogP contribution in [0.3, 0.4) is 0 Å². The highest BCUT2D eigenvalue weighted by Gasteiger charge is 2.19. The lowest BCUT2D eigenvalue weighted by Crippen LogP contribution is -2.39. The van der Waals surface area contributed by atoms with Crippen LogP contribution in [-0.4, -0.2) is 33.2 Å². The zero-order chi connectivity index (χ0) is 17.0. The third-order valence-electron chi connectivity index (χ3n) is 3.30. The fourth-order valence-electron chi connectivity index (χ4n) is 2.12. The Morgan fingerprint density at radius 1 is 1.39 bits per heavy atom. The van der Waals surface area contributed by atoms with E-state index in [2.05, 4.69) is 5.10 Å². The van der Waals surface area contributed by atoms with Gasteiger partial charge in [0.25, 0.3) is 5.91 Å². The van der Waals surface area contributed by atoms with Gasteiger partial charge in [-0.3, -0.25) is 9.48 Å². The number of nitrogens with zero attached hydrogens (tertiary/aromatic N) is 3. The third-order valence-corrected chi connectivity index (χ3v) is 3.30. The van der Waals surface area contributed by atoms with Gasteiger partial charge >= 0.3 is 0 Å². The lowest BCUT2D eigenvalue weighted by Gasteiger charge is -2.26. The molecule has 0 fully saturated rings.